The normalized spacial score (nSPS) is 13.9. The van der Waals surface area contributed by atoms with E-state index in [2.05, 4.69) is 15.9 Å². The van der Waals surface area contributed by atoms with Crippen LogP contribution in [-0.2, 0) is 9.84 Å². The number of benzene rings is 1. The predicted octanol–water partition coefficient (Wildman–Crippen LogP) is 1.63. The molecule has 1 aromatic carbocycles. The van der Waals surface area contributed by atoms with Crippen LogP contribution < -0.4 is 5.73 Å². The predicted molar refractivity (Wildman–Crippen MR) is 60.7 cm³/mol. The van der Waals surface area contributed by atoms with Gasteiger partial charge in [0, 0.05) is 22.3 Å². The largest absolute Gasteiger partial charge is 0.323 e. The molecule has 0 saturated heterocycles. The van der Waals surface area contributed by atoms with Crippen LogP contribution in [0.5, 0.6) is 0 Å². The first-order chi connectivity index (χ1) is 6.79. The molecule has 1 unspecified atom stereocenters. The summed E-state index contributed by atoms with van der Waals surface area (Å²) in [4.78, 5) is 0. The lowest BCUT2D eigenvalue weighted by Gasteiger charge is -2.11. The Morgan fingerprint density at radius 2 is 2.13 bits per heavy atom. The summed E-state index contributed by atoms with van der Waals surface area (Å²) in [5.41, 5.74) is 5.81. The lowest BCUT2D eigenvalue weighted by atomic mass is 10.1. The van der Waals surface area contributed by atoms with Gasteiger partial charge in [-0.1, -0.05) is 15.9 Å². The second kappa shape index (κ2) is 4.59. The second-order valence-corrected chi connectivity index (χ2v) is 6.47. The Hall–Kier alpha value is -0.460. The fraction of sp³-hybridized carbons (Fsp3) is 0.333. The Morgan fingerprint density at radius 3 is 2.67 bits per heavy atom. The monoisotopic (exact) mass is 295 g/mol. The van der Waals surface area contributed by atoms with Gasteiger partial charge in [-0.15, -0.1) is 0 Å². The molecule has 0 radical (unpaired) electrons. The highest BCUT2D eigenvalue weighted by Gasteiger charge is 2.16. The lowest BCUT2D eigenvalue weighted by molar-refractivity contribution is 0.578. The highest BCUT2D eigenvalue weighted by molar-refractivity contribution is 9.10. The van der Waals surface area contributed by atoms with Crippen LogP contribution in [0.15, 0.2) is 22.7 Å². The highest BCUT2D eigenvalue weighted by Crippen LogP contribution is 2.21. The molecule has 0 fully saturated rings. The molecule has 1 atom stereocenters. The first kappa shape index (κ1) is 12.6. The number of sulfone groups is 1. The molecule has 0 heterocycles. The van der Waals surface area contributed by atoms with Crippen molar-refractivity contribution in [2.75, 3.05) is 12.0 Å². The molecule has 0 amide bonds. The summed E-state index contributed by atoms with van der Waals surface area (Å²) in [6.45, 7) is 0. The van der Waals surface area contributed by atoms with E-state index in [9.17, 15) is 12.8 Å². The molecule has 0 aliphatic rings. The zero-order chi connectivity index (χ0) is 11.6. The van der Waals surface area contributed by atoms with Crippen molar-refractivity contribution < 1.29 is 12.8 Å². The zero-order valence-corrected chi connectivity index (χ0v) is 10.5. The molecule has 0 saturated carbocycles. The van der Waals surface area contributed by atoms with Crippen LogP contribution in [0, 0.1) is 5.82 Å². The molecule has 1 aromatic rings. The molecule has 3 nitrogen and oxygen atoms in total. The third-order valence-corrected chi connectivity index (χ3v) is 3.30. The molecule has 0 spiro atoms. The summed E-state index contributed by atoms with van der Waals surface area (Å²) < 4.78 is 36.0. The lowest BCUT2D eigenvalue weighted by Crippen LogP contribution is -2.21. The molecule has 0 aliphatic carbocycles. The Kier molecular flexibility index (Phi) is 3.86. The minimum Gasteiger partial charge on any atom is -0.323 e. The number of hydrogen-bond donors (Lipinski definition) is 1. The van der Waals surface area contributed by atoms with E-state index in [-0.39, 0.29) is 11.3 Å². The zero-order valence-electron chi connectivity index (χ0n) is 8.07. The van der Waals surface area contributed by atoms with Crippen LogP contribution in [-0.4, -0.2) is 20.4 Å². The average molecular weight is 296 g/mol. The second-order valence-electron chi connectivity index (χ2n) is 3.36. The van der Waals surface area contributed by atoms with E-state index < -0.39 is 21.7 Å². The average Bonchev–Trinajstić information content (AvgIpc) is 2.06. The summed E-state index contributed by atoms with van der Waals surface area (Å²) in [5, 5.41) is 0. The molecule has 1 rings (SSSR count). The maximum atomic E-state index is 13.3. The van der Waals surface area contributed by atoms with Crippen molar-refractivity contribution in [2.24, 2.45) is 5.73 Å². The van der Waals surface area contributed by atoms with Gasteiger partial charge in [0.2, 0.25) is 0 Å². The number of rotatable bonds is 3. The molecule has 0 bridgehead atoms. The maximum absolute atomic E-state index is 13.3. The molecule has 6 heteroatoms. The minimum absolute atomic E-state index is 0.204. The fourth-order valence-corrected chi connectivity index (χ4v) is 2.43. The summed E-state index contributed by atoms with van der Waals surface area (Å²) in [5.74, 6) is -0.755. The Bertz CT molecular complexity index is 461. The van der Waals surface area contributed by atoms with Gasteiger partial charge >= 0.3 is 0 Å². The number of nitrogens with two attached hydrogens (primary N) is 1. The molecule has 0 aliphatic heterocycles. The van der Waals surface area contributed by atoms with Crippen LogP contribution in [0.2, 0.25) is 0 Å². The van der Waals surface area contributed by atoms with Crippen molar-refractivity contribution in [1.29, 1.82) is 0 Å². The van der Waals surface area contributed by atoms with Gasteiger partial charge in [-0.3, -0.25) is 0 Å². The van der Waals surface area contributed by atoms with Gasteiger partial charge < -0.3 is 5.73 Å². The van der Waals surface area contributed by atoms with Crippen LogP contribution in [0.4, 0.5) is 4.39 Å². The van der Waals surface area contributed by atoms with E-state index in [1.54, 1.807) is 0 Å². The third kappa shape index (κ3) is 3.89. The van der Waals surface area contributed by atoms with E-state index in [1.165, 1.54) is 18.2 Å². The van der Waals surface area contributed by atoms with Crippen LogP contribution in [0.1, 0.15) is 11.6 Å². The van der Waals surface area contributed by atoms with Crippen molar-refractivity contribution in [2.45, 2.75) is 6.04 Å². The maximum Gasteiger partial charge on any atom is 0.149 e. The van der Waals surface area contributed by atoms with Gasteiger partial charge in [-0.25, -0.2) is 12.8 Å². The first-order valence-corrected chi connectivity index (χ1v) is 7.03. The Labute approximate surface area is 96.5 Å². The molecule has 84 valence electrons. The fourth-order valence-electron chi connectivity index (χ4n) is 1.21. The van der Waals surface area contributed by atoms with Gasteiger partial charge in [-0.2, -0.15) is 0 Å². The van der Waals surface area contributed by atoms with Gasteiger partial charge in [0.25, 0.3) is 0 Å². The van der Waals surface area contributed by atoms with Crippen molar-refractivity contribution >= 4 is 25.8 Å². The van der Waals surface area contributed by atoms with Gasteiger partial charge in [-0.05, 0) is 18.2 Å². The first-order valence-electron chi connectivity index (χ1n) is 4.18. The smallest absolute Gasteiger partial charge is 0.149 e. The third-order valence-electron chi connectivity index (χ3n) is 1.84. The summed E-state index contributed by atoms with van der Waals surface area (Å²) in [7, 11) is -3.21. The van der Waals surface area contributed by atoms with E-state index in [0.29, 0.717) is 4.47 Å². The van der Waals surface area contributed by atoms with Crippen LogP contribution in [0.25, 0.3) is 0 Å². The van der Waals surface area contributed by atoms with Gasteiger partial charge in [0.05, 0.1) is 5.75 Å². The van der Waals surface area contributed by atoms with E-state index >= 15 is 0 Å². The molecule has 15 heavy (non-hydrogen) atoms. The number of halogens is 2. The van der Waals surface area contributed by atoms with Gasteiger partial charge in [0.1, 0.15) is 15.7 Å². The van der Waals surface area contributed by atoms with Crippen LogP contribution >= 0.6 is 15.9 Å². The Balaban J connectivity index is 3.00. The number of hydrogen-bond acceptors (Lipinski definition) is 3. The molecular weight excluding hydrogens is 285 g/mol. The topological polar surface area (TPSA) is 60.2 Å². The van der Waals surface area contributed by atoms with E-state index in [1.807, 2.05) is 0 Å². The molecular formula is C9H11BrFNO2S. The minimum atomic E-state index is -3.21. The standard InChI is InChI=1S/C9H11BrFNO2S/c1-15(13,14)5-9(12)7-4-6(10)2-3-8(7)11/h2-4,9H,5,12H2,1H3. The summed E-state index contributed by atoms with van der Waals surface area (Å²) in [6.07, 6.45) is 1.07. The highest BCUT2D eigenvalue weighted by atomic mass is 79.9. The van der Waals surface area contributed by atoms with E-state index in [4.69, 9.17) is 5.73 Å². The molecule has 2 N–H and O–H groups in total. The van der Waals surface area contributed by atoms with Crippen LogP contribution in [0.3, 0.4) is 0 Å². The van der Waals surface area contributed by atoms with Gasteiger partial charge in [0.15, 0.2) is 0 Å². The Morgan fingerprint density at radius 1 is 1.53 bits per heavy atom. The quantitative estimate of drug-likeness (QED) is 0.922. The summed E-state index contributed by atoms with van der Waals surface area (Å²) >= 11 is 3.17. The van der Waals surface area contributed by atoms with Crippen molar-refractivity contribution in [3.05, 3.63) is 34.1 Å². The van der Waals surface area contributed by atoms with Crippen molar-refractivity contribution in [3.63, 3.8) is 0 Å². The van der Waals surface area contributed by atoms with Crippen molar-refractivity contribution in [3.8, 4) is 0 Å². The van der Waals surface area contributed by atoms with Crippen molar-refractivity contribution in [1.82, 2.24) is 0 Å². The molecule has 0 aromatic heterocycles. The summed E-state index contributed by atoms with van der Waals surface area (Å²) in [6, 6.07) is 3.44. The SMILES string of the molecule is CS(=O)(=O)CC(N)c1cc(Br)ccc1F. The van der Waals surface area contributed by atoms with E-state index in [0.717, 1.165) is 6.26 Å².